The van der Waals surface area contributed by atoms with E-state index in [0.29, 0.717) is 10.7 Å². The Balaban J connectivity index is 1.83. The van der Waals surface area contributed by atoms with Gasteiger partial charge in [0.1, 0.15) is 17.3 Å². The van der Waals surface area contributed by atoms with E-state index < -0.39 is 31.9 Å². The van der Waals surface area contributed by atoms with E-state index in [0.717, 1.165) is 18.3 Å². The molecule has 32 heavy (non-hydrogen) atoms. The van der Waals surface area contributed by atoms with Crippen LogP contribution in [-0.2, 0) is 21.2 Å². The van der Waals surface area contributed by atoms with Gasteiger partial charge >= 0.3 is 0 Å². The van der Waals surface area contributed by atoms with Gasteiger partial charge in [0.2, 0.25) is 21.2 Å². The number of sulfone groups is 1. The Bertz CT molecular complexity index is 1500. The van der Waals surface area contributed by atoms with Crippen LogP contribution in [0.4, 0.5) is 10.1 Å². The summed E-state index contributed by atoms with van der Waals surface area (Å²) in [5.74, 6) is -1.18. The number of carbonyl (C=O) groups is 1. The lowest BCUT2D eigenvalue weighted by molar-refractivity contribution is -0.116. The molecular weight excluding hydrogens is 455 g/mol. The number of benzene rings is 3. The van der Waals surface area contributed by atoms with E-state index in [1.807, 2.05) is 0 Å². The molecule has 0 saturated heterocycles. The summed E-state index contributed by atoms with van der Waals surface area (Å²) in [7, 11) is -4.20. The van der Waals surface area contributed by atoms with E-state index in [2.05, 4.69) is 5.32 Å². The Morgan fingerprint density at radius 1 is 1.00 bits per heavy atom. The van der Waals surface area contributed by atoms with Gasteiger partial charge in [-0.3, -0.25) is 9.59 Å². The zero-order chi connectivity index (χ0) is 22.9. The lowest BCUT2D eigenvalue weighted by atomic mass is 10.2. The monoisotopic (exact) mass is 470 g/mol. The maximum atomic E-state index is 13.9. The first-order valence-electron chi connectivity index (χ1n) is 9.44. The van der Waals surface area contributed by atoms with Gasteiger partial charge in [-0.15, -0.1) is 0 Å². The van der Waals surface area contributed by atoms with Crippen molar-refractivity contribution in [3.05, 3.63) is 100 Å². The maximum Gasteiger partial charge on any atom is 0.244 e. The molecule has 0 aliphatic carbocycles. The highest BCUT2D eigenvalue weighted by atomic mass is 35.5. The first-order chi connectivity index (χ1) is 15.3. The molecule has 0 saturated carbocycles. The van der Waals surface area contributed by atoms with Crippen LogP contribution in [-0.4, -0.2) is 18.9 Å². The molecule has 0 bridgehead atoms. The fourth-order valence-corrected chi connectivity index (χ4v) is 4.89. The second-order valence-corrected chi connectivity index (χ2v) is 9.34. The number of anilines is 1. The van der Waals surface area contributed by atoms with Crippen LogP contribution in [0.25, 0.3) is 10.9 Å². The standard InChI is InChI=1S/C23H16ClFN2O4S/c24-15-5-4-6-17(11-15)26-22(28)14-27-13-21(32(30,31)18-7-2-1-3-8-18)23(29)19-12-16(25)9-10-20(19)27/h1-13H,14H2,(H,26,28). The molecule has 1 heterocycles. The number of amides is 1. The van der Waals surface area contributed by atoms with Crippen LogP contribution < -0.4 is 10.7 Å². The Labute approximate surface area is 187 Å². The first kappa shape index (κ1) is 21.7. The second kappa shape index (κ2) is 8.57. The average Bonchev–Trinajstić information content (AvgIpc) is 2.76. The number of halogens is 2. The SMILES string of the molecule is O=C(Cn1cc(S(=O)(=O)c2ccccc2)c(=O)c2cc(F)ccc21)Nc1cccc(Cl)c1. The van der Waals surface area contributed by atoms with Gasteiger partial charge in [0.25, 0.3) is 0 Å². The highest BCUT2D eigenvalue weighted by Crippen LogP contribution is 2.22. The minimum atomic E-state index is -4.20. The van der Waals surface area contributed by atoms with Crippen LogP contribution in [0, 0.1) is 5.82 Å². The van der Waals surface area contributed by atoms with Crippen LogP contribution in [0.5, 0.6) is 0 Å². The van der Waals surface area contributed by atoms with Gasteiger partial charge in [-0.1, -0.05) is 35.9 Å². The largest absolute Gasteiger partial charge is 0.336 e. The summed E-state index contributed by atoms with van der Waals surface area (Å²) in [4.78, 5) is 25.0. The number of carbonyl (C=O) groups excluding carboxylic acids is 1. The van der Waals surface area contributed by atoms with Gasteiger partial charge in [0, 0.05) is 22.3 Å². The summed E-state index contributed by atoms with van der Waals surface area (Å²) in [5, 5.41) is 2.96. The lowest BCUT2D eigenvalue weighted by Crippen LogP contribution is -2.24. The summed E-state index contributed by atoms with van der Waals surface area (Å²) in [6.45, 7) is -0.313. The highest BCUT2D eigenvalue weighted by Gasteiger charge is 2.24. The predicted octanol–water partition coefficient (Wildman–Crippen LogP) is 4.27. The van der Waals surface area contributed by atoms with Crippen molar-refractivity contribution in [3.63, 3.8) is 0 Å². The molecule has 1 aromatic heterocycles. The molecule has 162 valence electrons. The third-order valence-electron chi connectivity index (χ3n) is 4.77. The number of fused-ring (bicyclic) bond motifs is 1. The van der Waals surface area contributed by atoms with Crippen molar-refractivity contribution in [2.24, 2.45) is 0 Å². The van der Waals surface area contributed by atoms with E-state index in [1.54, 1.807) is 30.3 Å². The Morgan fingerprint density at radius 3 is 2.47 bits per heavy atom. The first-order valence-corrected chi connectivity index (χ1v) is 11.3. The summed E-state index contributed by atoms with van der Waals surface area (Å²) >= 11 is 5.93. The molecule has 4 rings (SSSR count). The molecule has 1 amide bonds. The third-order valence-corrected chi connectivity index (χ3v) is 6.77. The summed E-state index contributed by atoms with van der Waals surface area (Å²) in [5.41, 5.74) is -0.157. The van der Waals surface area contributed by atoms with Crippen LogP contribution in [0.15, 0.2) is 93.6 Å². The van der Waals surface area contributed by atoms with E-state index >= 15 is 0 Å². The topological polar surface area (TPSA) is 85.2 Å². The van der Waals surface area contributed by atoms with Crippen molar-refractivity contribution in [2.45, 2.75) is 16.3 Å². The predicted molar refractivity (Wildman–Crippen MR) is 120 cm³/mol. The molecule has 1 N–H and O–H groups in total. The van der Waals surface area contributed by atoms with Gasteiger partial charge in [0.15, 0.2) is 0 Å². The zero-order valence-corrected chi connectivity index (χ0v) is 18.0. The number of pyridine rings is 1. The van der Waals surface area contributed by atoms with Crippen LogP contribution in [0.3, 0.4) is 0 Å². The van der Waals surface area contributed by atoms with Crippen molar-refractivity contribution >= 4 is 43.9 Å². The van der Waals surface area contributed by atoms with Gasteiger partial charge < -0.3 is 9.88 Å². The molecule has 0 radical (unpaired) electrons. The number of hydrogen-bond acceptors (Lipinski definition) is 4. The zero-order valence-electron chi connectivity index (χ0n) is 16.5. The number of aromatic nitrogens is 1. The molecule has 0 spiro atoms. The van der Waals surface area contributed by atoms with Gasteiger partial charge in [-0.2, -0.15) is 0 Å². The lowest BCUT2D eigenvalue weighted by Gasteiger charge is -2.14. The minimum Gasteiger partial charge on any atom is -0.336 e. The molecule has 0 fully saturated rings. The fourth-order valence-electron chi connectivity index (χ4n) is 3.31. The third kappa shape index (κ3) is 4.28. The molecule has 9 heteroatoms. The molecule has 0 aliphatic rings. The average molecular weight is 471 g/mol. The van der Waals surface area contributed by atoms with Crippen molar-refractivity contribution < 1.29 is 17.6 Å². The number of nitrogens with zero attached hydrogens (tertiary/aromatic N) is 1. The molecule has 4 aromatic rings. The molecule has 6 nitrogen and oxygen atoms in total. The van der Waals surface area contributed by atoms with E-state index in [4.69, 9.17) is 11.6 Å². The summed E-state index contributed by atoms with van der Waals surface area (Å²) in [6, 6.07) is 17.4. The Kier molecular flexibility index (Phi) is 5.82. The van der Waals surface area contributed by atoms with Crippen molar-refractivity contribution in [1.82, 2.24) is 4.57 Å². The number of nitrogens with one attached hydrogen (secondary N) is 1. The second-order valence-electron chi connectivity index (χ2n) is 6.99. The Morgan fingerprint density at radius 2 is 1.75 bits per heavy atom. The molecule has 0 aliphatic heterocycles. The van der Waals surface area contributed by atoms with Crippen LogP contribution in [0.2, 0.25) is 5.02 Å². The Hall–Kier alpha value is -3.49. The van der Waals surface area contributed by atoms with Gasteiger partial charge in [0.05, 0.1) is 10.4 Å². The van der Waals surface area contributed by atoms with Crippen molar-refractivity contribution in [1.29, 1.82) is 0 Å². The van der Waals surface area contributed by atoms with E-state index in [1.165, 1.54) is 34.9 Å². The van der Waals surface area contributed by atoms with Gasteiger partial charge in [-0.25, -0.2) is 12.8 Å². The van der Waals surface area contributed by atoms with Crippen LogP contribution >= 0.6 is 11.6 Å². The molecule has 0 unspecified atom stereocenters. The van der Waals surface area contributed by atoms with Gasteiger partial charge in [-0.05, 0) is 48.5 Å². The summed E-state index contributed by atoms with van der Waals surface area (Å²) in [6.07, 6.45) is 1.11. The molecule has 3 aromatic carbocycles. The van der Waals surface area contributed by atoms with Crippen LogP contribution in [0.1, 0.15) is 0 Å². The minimum absolute atomic E-state index is 0.0808. The van der Waals surface area contributed by atoms with E-state index in [-0.39, 0.29) is 22.3 Å². The van der Waals surface area contributed by atoms with E-state index in [9.17, 15) is 22.4 Å². The molecular formula is C23H16ClFN2O4S. The number of hydrogen-bond donors (Lipinski definition) is 1. The fraction of sp³-hybridized carbons (Fsp3) is 0.0435. The molecule has 0 atom stereocenters. The summed E-state index contributed by atoms with van der Waals surface area (Å²) < 4.78 is 41.5. The highest BCUT2D eigenvalue weighted by molar-refractivity contribution is 7.91. The maximum absolute atomic E-state index is 13.9. The van der Waals surface area contributed by atoms with Crippen molar-refractivity contribution in [3.8, 4) is 0 Å². The number of rotatable bonds is 5. The normalized spacial score (nSPS) is 11.4. The van der Waals surface area contributed by atoms with Crippen molar-refractivity contribution in [2.75, 3.05) is 5.32 Å². The quantitative estimate of drug-likeness (QED) is 0.472. The smallest absolute Gasteiger partial charge is 0.244 e.